The highest BCUT2D eigenvalue weighted by molar-refractivity contribution is 7.89. The van der Waals surface area contributed by atoms with Crippen molar-refractivity contribution in [3.05, 3.63) is 46.2 Å². The molecule has 1 amide bonds. The highest BCUT2D eigenvalue weighted by atomic mass is 32.2. The predicted molar refractivity (Wildman–Crippen MR) is 103 cm³/mol. The normalized spacial score (nSPS) is 13.1. The van der Waals surface area contributed by atoms with Gasteiger partial charge in [0.15, 0.2) is 0 Å². The standard InChI is InChI=1S/C18H24FN3O3S2/c1-11(2)16(22-27(24,25)15-8-6-5-7-14(15)19)17(23)20-9-13-10-26-18(21-13)12(3)4/h5-8,10-12,16,22H,9H2,1-4H3,(H,20,23)/t16-/m0/s1. The Bertz CT molecular complexity index is 895. The molecule has 0 radical (unpaired) electrons. The fourth-order valence-corrected chi connectivity index (χ4v) is 4.60. The molecule has 0 bridgehead atoms. The third kappa shape index (κ3) is 5.57. The first kappa shape index (κ1) is 21.5. The van der Waals surface area contributed by atoms with Crippen LogP contribution >= 0.6 is 11.3 Å². The molecule has 1 aromatic carbocycles. The van der Waals surface area contributed by atoms with Crippen molar-refractivity contribution in [2.45, 2.75) is 51.1 Å². The maximum absolute atomic E-state index is 13.8. The molecule has 2 aromatic rings. The number of halogens is 1. The van der Waals surface area contributed by atoms with Gasteiger partial charge in [-0.1, -0.05) is 39.8 Å². The Morgan fingerprint density at radius 1 is 1.22 bits per heavy atom. The molecule has 0 fully saturated rings. The van der Waals surface area contributed by atoms with Crippen LogP contribution in [0.15, 0.2) is 34.5 Å². The largest absolute Gasteiger partial charge is 0.349 e. The second-order valence-corrected chi connectivity index (χ2v) is 9.40. The number of benzene rings is 1. The number of nitrogens with zero attached hydrogens (tertiary/aromatic N) is 1. The molecule has 2 rings (SSSR count). The maximum atomic E-state index is 13.8. The fraction of sp³-hybridized carbons (Fsp3) is 0.444. The summed E-state index contributed by atoms with van der Waals surface area (Å²) in [6.07, 6.45) is 0. The van der Waals surface area contributed by atoms with Crippen LogP contribution in [0.3, 0.4) is 0 Å². The zero-order chi connectivity index (χ0) is 20.2. The van der Waals surface area contributed by atoms with Crippen LogP contribution in [0.2, 0.25) is 0 Å². The van der Waals surface area contributed by atoms with E-state index in [2.05, 4.69) is 15.0 Å². The first-order chi connectivity index (χ1) is 12.6. The average molecular weight is 414 g/mol. The van der Waals surface area contributed by atoms with Crippen LogP contribution in [0.25, 0.3) is 0 Å². The Kier molecular flexibility index (Phi) is 7.07. The third-order valence-electron chi connectivity index (χ3n) is 3.86. The van der Waals surface area contributed by atoms with Gasteiger partial charge in [0.2, 0.25) is 15.9 Å². The Morgan fingerprint density at radius 2 is 1.89 bits per heavy atom. The van der Waals surface area contributed by atoms with Crippen LogP contribution in [0, 0.1) is 11.7 Å². The van der Waals surface area contributed by atoms with E-state index in [0.29, 0.717) is 5.92 Å². The van der Waals surface area contributed by atoms with Gasteiger partial charge in [0.25, 0.3) is 0 Å². The summed E-state index contributed by atoms with van der Waals surface area (Å²) in [6, 6.07) is 4.03. The molecule has 0 aliphatic heterocycles. The molecule has 9 heteroatoms. The van der Waals surface area contributed by atoms with E-state index in [1.54, 1.807) is 13.8 Å². The number of sulfonamides is 1. The van der Waals surface area contributed by atoms with E-state index in [9.17, 15) is 17.6 Å². The van der Waals surface area contributed by atoms with Gasteiger partial charge in [-0.25, -0.2) is 17.8 Å². The van der Waals surface area contributed by atoms with Crippen molar-refractivity contribution in [3.8, 4) is 0 Å². The van der Waals surface area contributed by atoms with Gasteiger partial charge in [-0.05, 0) is 18.1 Å². The van der Waals surface area contributed by atoms with Crippen LogP contribution in [0.1, 0.15) is 44.3 Å². The minimum Gasteiger partial charge on any atom is -0.349 e. The van der Waals surface area contributed by atoms with Gasteiger partial charge in [-0.3, -0.25) is 4.79 Å². The lowest BCUT2D eigenvalue weighted by Crippen LogP contribution is -2.49. The van der Waals surface area contributed by atoms with Crippen molar-refractivity contribution in [1.82, 2.24) is 15.0 Å². The molecule has 0 aliphatic carbocycles. The molecule has 0 unspecified atom stereocenters. The molecule has 6 nitrogen and oxygen atoms in total. The summed E-state index contributed by atoms with van der Waals surface area (Å²) in [5, 5.41) is 5.54. The maximum Gasteiger partial charge on any atom is 0.244 e. The Morgan fingerprint density at radius 3 is 2.44 bits per heavy atom. The van der Waals surface area contributed by atoms with Crippen LogP contribution < -0.4 is 10.0 Å². The van der Waals surface area contributed by atoms with Gasteiger partial charge in [0.1, 0.15) is 16.8 Å². The predicted octanol–water partition coefficient (Wildman–Crippen LogP) is 3.02. The van der Waals surface area contributed by atoms with E-state index in [1.165, 1.54) is 23.5 Å². The van der Waals surface area contributed by atoms with Crippen LogP contribution in [0.5, 0.6) is 0 Å². The number of thiazole rings is 1. The zero-order valence-corrected chi connectivity index (χ0v) is 17.3. The third-order valence-corrected chi connectivity index (χ3v) is 6.53. The Balaban J connectivity index is 2.09. The zero-order valence-electron chi connectivity index (χ0n) is 15.7. The second kappa shape index (κ2) is 8.90. The molecule has 148 valence electrons. The van der Waals surface area contributed by atoms with Crippen LogP contribution in [0.4, 0.5) is 4.39 Å². The molecular weight excluding hydrogens is 389 g/mol. The Hall–Kier alpha value is -1.84. The van der Waals surface area contributed by atoms with E-state index in [4.69, 9.17) is 0 Å². The number of aromatic nitrogens is 1. The first-order valence-electron chi connectivity index (χ1n) is 8.60. The summed E-state index contributed by atoms with van der Waals surface area (Å²) in [4.78, 5) is 16.5. The van der Waals surface area contributed by atoms with E-state index >= 15 is 0 Å². The average Bonchev–Trinajstić information content (AvgIpc) is 3.07. The van der Waals surface area contributed by atoms with E-state index in [-0.39, 0.29) is 12.5 Å². The molecular formula is C18H24FN3O3S2. The van der Waals surface area contributed by atoms with Crippen molar-refractivity contribution in [3.63, 3.8) is 0 Å². The molecule has 0 saturated carbocycles. The number of hydrogen-bond donors (Lipinski definition) is 2. The van der Waals surface area contributed by atoms with Gasteiger partial charge >= 0.3 is 0 Å². The van der Waals surface area contributed by atoms with Crippen molar-refractivity contribution in [2.75, 3.05) is 0 Å². The summed E-state index contributed by atoms with van der Waals surface area (Å²) in [5.41, 5.74) is 0.719. The smallest absolute Gasteiger partial charge is 0.244 e. The van der Waals surface area contributed by atoms with E-state index in [0.717, 1.165) is 22.8 Å². The van der Waals surface area contributed by atoms with Gasteiger partial charge in [-0.15, -0.1) is 11.3 Å². The SMILES string of the molecule is CC(C)c1nc(CNC(=O)[C@@H](NS(=O)(=O)c2ccccc2F)C(C)C)cs1. The van der Waals surface area contributed by atoms with Crippen LogP contribution in [-0.2, 0) is 21.4 Å². The van der Waals surface area contributed by atoms with Gasteiger partial charge < -0.3 is 5.32 Å². The number of nitrogens with one attached hydrogen (secondary N) is 2. The van der Waals surface area contributed by atoms with Gasteiger partial charge in [0.05, 0.1) is 17.2 Å². The number of hydrogen-bond acceptors (Lipinski definition) is 5. The summed E-state index contributed by atoms with van der Waals surface area (Å²) < 4.78 is 41.1. The fourth-order valence-electron chi connectivity index (χ4n) is 2.34. The summed E-state index contributed by atoms with van der Waals surface area (Å²) >= 11 is 1.52. The van der Waals surface area contributed by atoms with Crippen molar-refractivity contribution in [2.24, 2.45) is 5.92 Å². The summed E-state index contributed by atoms with van der Waals surface area (Å²) in [5.74, 6) is -1.37. The van der Waals surface area contributed by atoms with Crippen molar-refractivity contribution in [1.29, 1.82) is 0 Å². The Labute approximate surface area is 163 Å². The highest BCUT2D eigenvalue weighted by Gasteiger charge is 2.29. The molecule has 2 N–H and O–H groups in total. The minimum atomic E-state index is -4.17. The van der Waals surface area contributed by atoms with Crippen LogP contribution in [-0.4, -0.2) is 25.4 Å². The topological polar surface area (TPSA) is 88.2 Å². The lowest BCUT2D eigenvalue weighted by molar-refractivity contribution is -0.123. The molecule has 0 aliphatic rings. The minimum absolute atomic E-state index is 0.201. The summed E-state index contributed by atoms with van der Waals surface area (Å²) in [6.45, 7) is 7.70. The second-order valence-electron chi connectivity index (χ2n) is 6.82. The molecule has 1 heterocycles. The number of amides is 1. The monoisotopic (exact) mass is 413 g/mol. The van der Waals surface area contributed by atoms with Gasteiger partial charge in [0, 0.05) is 11.3 Å². The van der Waals surface area contributed by atoms with E-state index < -0.39 is 32.7 Å². The number of rotatable bonds is 8. The highest BCUT2D eigenvalue weighted by Crippen LogP contribution is 2.19. The molecule has 1 aromatic heterocycles. The van der Waals surface area contributed by atoms with Crippen molar-refractivity contribution >= 4 is 27.3 Å². The summed E-state index contributed by atoms with van der Waals surface area (Å²) in [7, 11) is -4.17. The first-order valence-corrected chi connectivity index (χ1v) is 11.0. The van der Waals surface area contributed by atoms with Gasteiger partial charge in [-0.2, -0.15) is 4.72 Å². The van der Waals surface area contributed by atoms with Crippen molar-refractivity contribution < 1.29 is 17.6 Å². The molecule has 27 heavy (non-hydrogen) atoms. The number of carbonyl (C=O) groups excluding carboxylic acids is 1. The molecule has 1 atom stereocenters. The quantitative estimate of drug-likeness (QED) is 0.696. The molecule has 0 spiro atoms. The number of carbonyl (C=O) groups is 1. The lowest BCUT2D eigenvalue weighted by Gasteiger charge is -2.21. The molecule has 0 saturated heterocycles. The lowest BCUT2D eigenvalue weighted by atomic mass is 10.1. The van der Waals surface area contributed by atoms with E-state index in [1.807, 2.05) is 19.2 Å².